The number of nitrogens with one attached hydrogen (secondary N) is 1. The van der Waals surface area contributed by atoms with Gasteiger partial charge in [0, 0.05) is 37.8 Å². The number of nitrogens with zero attached hydrogens (tertiary/aromatic N) is 3. The number of carbonyl (C=O) groups is 2. The first-order valence-electron chi connectivity index (χ1n) is 10.0. The van der Waals surface area contributed by atoms with Gasteiger partial charge in [0.15, 0.2) is 0 Å². The predicted octanol–water partition coefficient (Wildman–Crippen LogP) is 0.875. The van der Waals surface area contributed by atoms with Gasteiger partial charge in [-0.15, -0.1) is 0 Å². The fourth-order valence-corrected chi connectivity index (χ4v) is 4.24. The van der Waals surface area contributed by atoms with Crippen LogP contribution < -0.4 is 11.1 Å². The van der Waals surface area contributed by atoms with Crippen LogP contribution in [0, 0.1) is 0 Å². The van der Waals surface area contributed by atoms with Crippen molar-refractivity contribution in [3.05, 3.63) is 42.1 Å². The molecule has 2 atom stereocenters. The molecule has 4 rings (SSSR count). The fourth-order valence-electron chi connectivity index (χ4n) is 4.24. The predicted molar refractivity (Wildman–Crippen MR) is 107 cm³/mol. The van der Waals surface area contributed by atoms with Crippen molar-refractivity contribution in [2.75, 3.05) is 26.2 Å². The van der Waals surface area contributed by atoms with Gasteiger partial charge in [-0.1, -0.05) is 18.2 Å². The quantitative estimate of drug-likeness (QED) is 0.725. The molecular formula is C21H27N5O2. The van der Waals surface area contributed by atoms with Crippen LogP contribution in [0.25, 0.3) is 10.9 Å². The van der Waals surface area contributed by atoms with E-state index in [4.69, 9.17) is 5.73 Å². The smallest absolute Gasteiger partial charge is 0.245 e. The number of hydrogen-bond donors (Lipinski definition) is 2. The molecule has 2 aliphatic rings. The molecule has 0 aliphatic carbocycles. The maximum absolute atomic E-state index is 12.8. The standard InChI is InChI=1S/C21H27N5O2/c22-9-2-1-7-18-21(28)26-12-11-25(14-19(26)20(27)24-18)13-15-5-3-8-17-16(15)6-4-10-23-17/h3-6,8,10,18-19H,1-2,7,9,11-14,22H2,(H,24,27)/t18-,19+/m0/s1. The Kier molecular flexibility index (Phi) is 5.54. The Morgan fingerprint density at radius 2 is 2.04 bits per heavy atom. The molecule has 2 aliphatic heterocycles. The minimum absolute atomic E-state index is 0.0402. The maximum Gasteiger partial charge on any atom is 0.245 e. The van der Waals surface area contributed by atoms with Crippen LogP contribution >= 0.6 is 0 Å². The number of rotatable bonds is 6. The molecule has 0 spiro atoms. The first kappa shape index (κ1) is 18.8. The second-order valence-corrected chi connectivity index (χ2v) is 7.62. The highest BCUT2D eigenvalue weighted by atomic mass is 16.2. The molecule has 28 heavy (non-hydrogen) atoms. The average molecular weight is 381 g/mol. The lowest BCUT2D eigenvalue weighted by Crippen LogP contribution is -2.69. The van der Waals surface area contributed by atoms with E-state index in [9.17, 15) is 9.59 Å². The van der Waals surface area contributed by atoms with Gasteiger partial charge in [-0.3, -0.25) is 19.5 Å². The van der Waals surface area contributed by atoms with Gasteiger partial charge in [-0.05, 0) is 43.5 Å². The second kappa shape index (κ2) is 8.24. The maximum atomic E-state index is 12.8. The van der Waals surface area contributed by atoms with Gasteiger partial charge < -0.3 is 16.0 Å². The van der Waals surface area contributed by atoms with E-state index in [-0.39, 0.29) is 11.8 Å². The molecule has 0 radical (unpaired) electrons. The molecule has 0 bridgehead atoms. The van der Waals surface area contributed by atoms with Crippen LogP contribution in [0.5, 0.6) is 0 Å². The van der Waals surface area contributed by atoms with E-state index in [0.717, 1.165) is 36.8 Å². The van der Waals surface area contributed by atoms with E-state index in [1.165, 1.54) is 5.56 Å². The lowest BCUT2D eigenvalue weighted by molar-refractivity contribution is -0.153. The van der Waals surface area contributed by atoms with Crippen molar-refractivity contribution >= 4 is 22.7 Å². The van der Waals surface area contributed by atoms with E-state index < -0.39 is 12.1 Å². The molecule has 148 valence electrons. The molecule has 0 unspecified atom stereocenters. The molecule has 2 fully saturated rings. The number of amides is 2. The van der Waals surface area contributed by atoms with E-state index in [1.807, 2.05) is 18.2 Å². The monoisotopic (exact) mass is 381 g/mol. The Labute approximate surface area is 164 Å². The lowest BCUT2D eigenvalue weighted by Gasteiger charge is -2.45. The molecular weight excluding hydrogens is 354 g/mol. The third kappa shape index (κ3) is 3.72. The number of unbranched alkanes of at least 4 members (excludes halogenated alkanes) is 1. The van der Waals surface area contributed by atoms with Gasteiger partial charge in [-0.25, -0.2) is 0 Å². The van der Waals surface area contributed by atoms with Crippen LogP contribution in [0.2, 0.25) is 0 Å². The SMILES string of the molecule is NCCCC[C@@H]1NC(=O)[C@H]2CN(Cc3cccc4ncccc34)CCN2C1=O. The molecule has 3 heterocycles. The Morgan fingerprint density at radius 3 is 2.89 bits per heavy atom. The molecule has 7 nitrogen and oxygen atoms in total. The zero-order valence-electron chi connectivity index (χ0n) is 16.0. The van der Waals surface area contributed by atoms with E-state index in [0.29, 0.717) is 26.1 Å². The van der Waals surface area contributed by atoms with Gasteiger partial charge >= 0.3 is 0 Å². The minimum atomic E-state index is -0.403. The molecule has 0 saturated carbocycles. The number of nitrogens with two attached hydrogens (primary N) is 1. The number of pyridine rings is 1. The summed E-state index contributed by atoms with van der Waals surface area (Å²) in [6.45, 7) is 3.27. The Hall–Kier alpha value is -2.51. The summed E-state index contributed by atoms with van der Waals surface area (Å²) in [5.74, 6) is 0.0114. The van der Waals surface area contributed by atoms with Gasteiger partial charge in [0.1, 0.15) is 12.1 Å². The number of hydrogen-bond acceptors (Lipinski definition) is 5. The van der Waals surface area contributed by atoms with Gasteiger partial charge in [0.25, 0.3) is 0 Å². The van der Waals surface area contributed by atoms with Crippen molar-refractivity contribution < 1.29 is 9.59 Å². The van der Waals surface area contributed by atoms with Crippen LogP contribution in [0.15, 0.2) is 36.5 Å². The van der Waals surface area contributed by atoms with Crippen molar-refractivity contribution in [2.45, 2.75) is 37.9 Å². The van der Waals surface area contributed by atoms with Crippen LogP contribution in [0.3, 0.4) is 0 Å². The molecule has 2 amide bonds. The van der Waals surface area contributed by atoms with Crippen molar-refractivity contribution in [3.63, 3.8) is 0 Å². The highest BCUT2D eigenvalue weighted by Crippen LogP contribution is 2.22. The first-order chi connectivity index (χ1) is 13.7. The topological polar surface area (TPSA) is 91.6 Å². The second-order valence-electron chi connectivity index (χ2n) is 7.62. The largest absolute Gasteiger partial charge is 0.342 e. The van der Waals surface area contributed by atoms with Crippen molar-refractivity contribution in [3.8, 4) is 0 Å². The van der Waals surface area contributed by atoms with Crippen molar-refractivity contribution in [2.24, 2.45) is 5.73 Å². The lowest BCUT2D eigenvalue weighted by atomic mass is 9.99. The highest BCUT2D eigenvalue weighted by Gasteiger charge is 2.42. The van der Waals surface area contributed by atoms with Crippen LogP contribution in [0.1, 0.15) is 24.8 Å². The van der Waals surface area contributed by atoms with E-state index >= 15 is 0 Å². The van der Waals surface area contributed by atoms with Gasteiger partial charge in [-0.2, -0.15) is 0 Å². The minimum Gasteiger partial charge on any atom is -0.342 e. The fraction of sp³-hybridized carbons (Fsp3) is 0.476. The van der Waals surface area contributed by atoms with Crippen molar-refractivity contribution in [1.29, 1.82) is 0 Å². The zero-order chi connectivity index (χ0) is 19.5. The summed E-state index contributed by atoms with van der Waals surface area (Å²) in [5, 5.41) is 4.07. The molecule has 7 heteroatoms. The molecule has 2 saturated heterocycles. The first-order valence-corrected chi connectivity index (χ1v) is 10.0. The van der Waals surface area contributed by atoms with Crippen molar-refractivity contribution in [1.82, 2.24) is 20.1 Å². The van der Waals surface area contributed by atoms with Crippen LogP contribution in [-0.2, 0) is 16.1 Å². The Morgan fingerprint density at radius 1 is 1.14 bits per heavy atom. The Balaban J connectivity index is 1.44. The number of aromatic nitrogens is 1. The molecule has 3 N–H and O–H groups in total. The molecule has 2 aromatic rings. The summed E-state index contributed by atoms with van der Waals surface area (Å²) in [5.41, 5.74) is 7.71. The summed E-state index contributed by atoms with van der Waals surface area (Å²) in [6, 6.07) is 9.36. The van der Waals surface area contributed by atoms with Crippen LogP contribution in [-0.4, -0.2) is 64.9 Å². The number of benzene rings is 1. The Bertz CT molecular complexity index is 865. The zero-order valence-corrected chi connectivity index (χ0v) is 16.0. The third-order valence-corrected chi connectivity index (χ3v) is 5.74. The average Bonchev–Trinajstić information content (AvgIpc) is 2.72. The normalized spacial score (nSPS) is 23.0. The van der Waals surface area contributed by atoms with Crippen LogP contribution in [0.4, 0.5) is 0 Å². The number of piperazine rings is 2. The summed E-state index contributed by atoms with van der Waals surface area (Å²) in [7, 11) is 0. The number of carbonyl (C=O) groups excluding carboxylic acids is 2. The third-order valence-electron chi connectivity index (χ3n) is 5.74. The van der Waals surface area contributed by atoms with Gasteiger partial charge in [0.2, 0.25) is 11.8 Å². The highest BCUT2D eigenvalue weighted by molar-refractivity contribution is 5.97. The summed E-state index contributed by atoms with van der Waals surface area (Å²) in [4.78, 5) is 33.9. The van der Waals surface area contributed by atoms with E-state index in [1.54, 1.807) is 11.1 Å². The molecule has 1 aromatic carbocycles. The number of fused-ring (bicyclic) bond motifs is 2. The van der Waals surface area contributed by atoms with E-state index in [2.05, 4.69) is 27.3 Å². The summed E-state index contributed by atoms with van der Waals surface area (Å²) >= 11 is 0. The summed E-state index contributed by atoms with van der Waals surface area (Å²) in [6.07, 6.45) is 4.19. The molecule has 1 aromatic heterocycles. The summed E-state index contributed by atoms with van der Waals surface area (Å²) < 4.78 is 0. The van der Waals surface area contributed by atoms with Gasteiger partial charge in [0.05, 0.1) is 5.52 Å².